The van der Waals surface area contributed by atoms with Crippen molar-refractivity contribution in [1.82, 2.24) is 0 Å². The van der Waals surface area contributed by atoms with E-state index in [4.69, 9.17) is 0 Å². The SMILES string of the molecule is Cc1cc(NC(=O)CC2CCCCCC2)c(C)cc1O. The highest BCUT2D eigenvalue weighted by atomic mass is 16.3. The van der Waals surface area contributed by atoms with Crippen molar-refractivity contribution in [2.45, 2.75) is 58.8 Å². The molecule has 2 N–H and O–H groups in total. The van der Waals surface area contributed by atoms with Crippen LogP contribution in [0.15, 0.2) is 12.1 Å². The van der Waals surface area contributed by atoms with Crippen molar-refractivity contribution in [3.05, 3.63) is 23.3 Å². The molecule has 0 unspecified atom stereocenters. The first-order valence-electron chi connectivity index (χ1n) is 7.66. The van der Waals surface area contributed by atoms with E-state index in [9.17, 15) is 9.90 Å². The molecule has 1 saturated carbocycles. The van der Waals surface area contributed by atoms with Crippen molar-refractivity contribution in [2.75, 3.05) is 5.32 Å². The number of rotatable bonds is 3. The number of phenolic OH excluding ortho intramolecular Hbond substituents is 1. The van der Waals surface area contributed by atoms with Crippen LogP contribution in [0, 0.1) is 19.8 Å². The number of phenols is 1. The molecule has 110 valence electrons. The number of aryl methyl sites for hydroxylation is 2. The summed E-state index contributed by atoms with van der Waals surface area (Å²) in [5.74, 6) is 0.922. The average Bonchev–Trinajstić information content (AvgIpc) is 2.64. The van der Waals surface area contributed by atoms with Crippen LogP contribution in [0.3, 0.4) is 0 Å². The van der Waals surface area contributed by atoms with E-state index in [1.807, 2.05) is 19.9 Å². The van der Waals surface area contributed by atoms with Gasteiger partial charge in [-0.3, -0.25) is 4.79 Å². The van der Waals surface area contributed by atoms with Gasteiger partial charge in [-0.2, -0.15) is 0 Å². The van der Waals surface area contributed by atoms with Gasteiger partial charge in [-0.25, -0.2) is 0 Å². The molecule has 1 aliphatic rings. The Morgan fingerprint density at radius 1 is 1.15 bits per heavy atom. The third-order valence-corrected chi connectivity index (χ3v) is 4.27. The average molecular weight is 275 g/mol. The standard InChI is InChI=1S/C17H25NO2/c1-12-10-16(19)13(2)9-15(12)18-17(20)11-14-7-5-3-4-6-8-14/h9-10,14,19H,3-8,11H2,1-2H3,(H,18,20). The molecule has 0 atom stereocenters. The third-order valence-electron chi connectivity index (χ3n) is 4.27. The van der Waals surface area contributed by atoms with Gasteiger partial charge in [0.15, 0.2) is 0 Å². The Labute approximate surface area is 121 Å². The minimum atomic E-state index is 0.102. The molecule has 1 aliphatic carbocycles. The van der Waals surface area contributed by atoms with E-state index in [0.29, 0.717) is 12.3 Å². The van der Waals surface area contributed by atoms with E-state index in [1.54, 1.807) is 6.07 Å². The van der Waals surface area contributed by atoms with Crippen molar-refractivity contribution in [3.8, 4) is 5.75 Å². The van der Waals surface area contributed by atoms with Crippen molar-refractivity contribution in [2.24, 2.45) is 5.92 Å². The summed E-state index contributed by atoms with van der Waals surface area (Å²) in [5.41, 5.74) is 2.52. The number of hydrogen-bond donors (Lipinski definition) is 2. The highest BCUT2D eigenvalue weighted by Gasteiger charge is 2.16. The molecule has 0 radical (unpaired) electrons. The number of amides is 1. The van der Waals surface area contributed by atoms with Crippen LogP contribution < -0.4 is 5.32 Å². The molecule has 1 amide bonds. The Bertz CT molecular complexity index is 474. The van der Waals surface area contributed by atoms with Crippen molar-refractivity contribution >= 4 is 11.6 Å². The molecular formula is C17H25NO2. The van der Waals surface area contributed by atoms with Crippen LogP contribution in [0.4, 0.5) is 5.69 Å². The van der Waals surface area contributed by atoms with Gasteiger partial charge in [-0.05, 0) is 55.9 Å². The second kappa shape index (κ2) is 6.78. The Hall–Kier alpha value is -1.51. The number of benzene rings is 1. The Morgan fingerprint density at radius 2 is 1.80 bits per heavy atom. The van der Waals surface area contributed by atoms with E-state index in [2.05, 4.69) is 5.32 Å². The predicted octanol–water partition coefficient (Wildman–Crippen LogP) is 4.31. The maximum atomic E-state index is 12.2. The van der Waals surface area contributed by atoms with Crippen LogP contribution in [0.2, 0.25) is 0 Å². The minimum Gasteiger partial charge on any atom is -0.508 e. The minimum absolute atomic E-state index is 0.102. The summed E-state index contributed by atoms with van der Waals surface area (Å²) in [5, 5.41) is 12.6. The highest BCUT2D eigenvalue weighted by Crippen LogP contribution is 2.28. The van der Waals surface area contributed by atoms with Crippen LogP contribution in [-0.2, 0) is 4.79 Å². The maximum absolute atomic E-state index is 12.2. The van der Waals surface area contributed by atoms with Gasteiger partial charge in [0, 0.05) is 12.1 Å². The van der Waals surface area contributed by atoms with Crippen LogP contribution in [0.5, 0.6) is 5.75 Å². The van der Waals surface area contributed by atoms with Crippen molar-refractivity contribution < 1.29 is 9.90 Å². The molecule has 1 aromatic rings. The molecule has 1 fully saturated rings. The van der Waals surface area contributed by atoms with Gasteiger partial charge >= 0.3 is 0 Å². The monoisotopic (exact) mass is 275 g/mol. The quantitative estimate of drug-likeness (QED) is 0.638. The molecule has 0 saturated heterocycles. The number of aromatic hydroxyl groups is 1. The summed E-state index contributed by atoms with van der Waals surface area (Å²) in [6, 6.07) is 3.55. The largest absolute Gasteiger partial charge is 0.508 e. The van der Waals surface area contributed by atoms with Gasteiger partial charge in [0.25, 0.3) is 0 Å². The van der Waals surface area contributed by atoms with Crippen LogP contribution in [-0.4, -0.2) is 11.0 Å². The van der Waals surface area contributed by atoms with Gasteiger partial charge < -0.3 is 10.4 Å². The van der Waals surface area contributed by atoms with Crippen LogP contribution in [0.1, 0.15) is 56.1 Å². The number of carbonyl (C=O) groups is 1. The summed E-state index contributed by atoms with van der Waals surface area (Å²) in [7, 11) is 0. The lowest BCUT2D eigenvalue weighted by molar-refractivity contribution is -0.117. The zero-order valence-electron chi connectivity index (χ0n) is 12.5. The Kier molecular flexibility index (Phi) is 5.05. The third kappa shape index (κ3) is 3.99. The first-order chi connectivity index (χ1) is 9.56. The fourth-order valence-corrected chi connectivity index (χ4v) is 2.97. The summed E-state index contributed by atoms with van der Waals surface area (Å²) < 4.78 is 0. The summed E-state index contributed by atoms with van der Waals surface area (Å²) in [4.78, 5) is 12.2. The van der Waals surface area contributed by atoms with Crippen LogP contribution >= 0.6 is 0 Å². The lowest BCUT2D eigenvalue weighted by Crippen LogP contribution is -2.17. The molecule has 0 bridgehead atoms. The fraction of sp³-hybridized carbons (Fsp3) is 0.588. The molecule has 3 heteroatoms. The molecule has 20 heavy (non-hydrogen) atoms. The van der Waals surface area contributed by atoms with E-state index in [-0.39, 0.29) is 11.7 Å². The van der Waals surface area contributed by atoms with Gasteiger partial charge in [0.1, 0.15) is 5.75 Å². The fourth-order valence-electron chi connectivity index (χ4n) is 2.97. The molecule has 0 aliphatic heterocycles. The van der Waals surface area contributed by atoms with Gasteiger partial charge in [-0.1, -0.05) is 25.7 Å². The number of carbonyl (C=O) groups excluding carboxylic acids is 1. The Morgan fingerprint density at radius 3 is 2.45 bits per heavy atom. The zero-order valence-corrected chi connectivity index (χ0v) is 12.5. The molecule has 2 rings (SSSR count). The molecule has 3 nitrogen and oxygen atoms in total. The molecule has 0 spiro atoms. The second-order valence-corrected chi connectivity index (χ2v) is 6.06. The predicted molar refractivity (Wildman–Crippen MR) is 82.0 cm³/mol. The molecular weight excluding hydrogens is 250 g/mol. The van der Waals surface area contributed by atoms with E-state index in [0.717, 1.165) is 16.8 Å². The topological polar surface area (TPSA) is 49.3 Å². The maximum Gasteiger partial charge on any atom is 0.224 e. The van der Waals surface area contributed by atoms with E-state index >= 15 is 0 Å². The number of hydrogen-bond acceptors (Lipinski definition) is 2. The van der Waals surface area contributed by atoms with Gasteiger partial charge in [-0.15, -0.1) is 0 Å². The summed E-state index contributed by atoms with van der Waals surface area (Å²) in [6.07, 6.45) is 8.13. The highest BCUT2D eigenvalue weighted by molar-refractivity contribution is 5.91. The van der Waals surface area contributed by atoms with E-state index in [1.165, 1.54) is 38.5 Å². The van der Waals surface area contributed by atoms with E-state index < -0.39 is 0 Å². The molecule has 1 aromatic carbocycles. The lowest BCUT2D eigenvalue weighted by atomic mass is 9.96. The first-order valence-corrected chi connectivity index (χ1v) is 7.66. The van der Waals surface area contributed by atoms with Crippen molar-refractivity contribution in [3.63, 3.8) is 0 Å². The number of nitrogens with one attached hydrogen (secondary N) is 1. The normalized spacial score (nSPS) is 16.7. The lowest BCUT2D eigenvalue weighted by Gasteiger charge is -2.15. The smallest absolute Gasteiger partial charge is 0.224 e. The van der Waals surface area contributed by atoms with Gasteiger partial charge in [0.2, 0.25) is 5.91 Å². The Balaban J connectivity index is 1.95. The van der Waals surface area contributed by atoms with Crippen molar-refractivity contribution in [1.29, 1.82) is 0 Å². The molecule has 0 heterocycles. The number of anilines is 1. The molecule has 0 aromatic heterocycles. The first kappa shape index (κ1) is 14.9. The summed E-state index contributed by atoms with van der Waals surface area (Å²) in [6.45, 7) is 3.75. The zero-order chi connectivity index (χ0) is 14.5. The van der Waals surface area contributed by atoms with Crippen LogP contribution in [0.25, 0.3) is 0 Å². The second-order valence-electron chi connectivity index (χ2n) is 6.06. The summed E-state index contributed by atoms with van der Waals surface area (Å²) >= 11 is 0. The van der Waals surface area contributed by atoms with Gasteiger partial charge in [0.05, 0.1) is 0 Å².